The van der Waals surface area contributed by atoms with Crippen LogP contribution in [0, 0.1) is 0 Å². The number of aromatic nitrogens is 1. The summed E-state index contributed by atoms with van der Waals surface area (Å²) in [5.74, 6) is 0.492. The Morgan fingerprint density at radius 2 is 1.52 bits per heavy atom. The molecule has 1 unspecified atom stereocenters. The monoisotopic (exact) mass is 332 g/mol. The first kappa shape index (κ1) is 16.5. The molecule has 0 aliphatic carbocycles. The van der Waals surface area contributed by atoms with Crippen molar-refractivity contribution in [3.05, 3.63) is 84.6 Å². The van der Waals surface area contributed by atoms with Gasteiger partial charge in [-0.15, -0.1) is 0 Å². The van der Waals surface area contributed by atoms with E-state index in [1.54, 1.807) is 12.3 Å². The van der Waals surface area contributed by atoms with Gasteiger partial charge in [-0.2, -0.15) is 0 Å². The van der Waals surface area contributed by atoms with Gasteiger partial charge in [0, 0.05) is 11.7 Å². The lowest BCUT2D eigenvalue weighted by atomic mass is 10.1. The van der Waals surface area contributed by atoms with Crippen LogP contribution in [0.25, 0.3) is 0 Å². The highest BCUT2D eigenvalue weighted by Crippen LogP contribution is 2.19. The fourth-order valence-corrected chi connectivity index (χ4v) is 2.43. The van der Waals surface area contributed by atoms with E-state index < -0.39 is 0 Å². The minimum absolute atomic E-state index is 0.170. The molecule has 0 aliphatic heterocycles. The maximum atomic E-state index is 12.0. The summed E-state index contributed by atoms with van der Waals surface area (Å²) in [6.07, 6.45) is 1.71. The van der Waals surface area contributed by atoms with Gasteiger partial charge in [0.25, 0.3) is 0 Å². The number of pyridine rings is 1. The van der Waals surface area contributed by atoms with Gasteiger partial charge < -0.3 is 10.6 Å². The summed E-state index contributed by atoms with van der Waals surface area (Å²) in [6.45, 7) is 2.09. The second kappa shape index (κ2) is 7.97. The molecular weight excluding hydrogens is 312 g/mol. The molecule has 0 saturated carbocycles. The first-order chi connectivity index (χ1) is 12.2. The third-order valence-corrected chi connectivity index (χ3v) is 3.72. The van der Waals surface area contributed by atoms with E-state index in [0.29, 0.717) is 5.82 Å². The Morgan fingerprint density at radius 3 is 2.16 bits per heavy atom. The molecule has 0 spiro atoms. The van der Waals surface area contributed by atoms with Gasteiger partial charge in [-0.3, -0.25) is 5.32 Å². The maximum absolute atomic E-state index is 12.0. The van der Waals surface area contributed by atoms with Gasteiger partial charge in [0.05, 0.1) is 11.9 Å². The van der Waals surface area contributed by atoms with E-state index >= 15 is 0 Å². The Labute approximate surface area is 147 Å². The zero-order valence-corrected chi connectivity index (χ0v) is 13.9. The molecule has 2 aromatic carbocycles. The minimum Gasteiger partial charge on any atom is -0.377 e. The standard InChI is InChI=1S/C20H20N4O/c1-15(16-8-4-2-5-9-16)22-18-12-13-19(21-14-18)24-20(25)23-17-10-6-3-7-11-17/h2-15,22H,1H3,(H2,21,23,24,25). The van der Waals surface area contributed by atoms with Gasteiger partial charge in [-0.1, -0.05) is 48.5 Å². The summed E-state index contributed by atoms with van der Waals surface area (Å²) in [5.41, 5.74) is 2.83. The van der Waals surface area contributed by atoms with Crippen molar-refractivity contribution in [2.45, 2.75) is 13.0 Å². The summed E-state index contributed by atoms with van der Waals surface area (Å²) in [5, 5.41) is 8.85. The average molecular weight is 332 g/mol. The number of benzene rings is 2. The van der Waals surface area contributed by atoms with Crippen LogP contribution in [-0.4, -0.2) is 11.0 Å². The lowest BCUT2D eigenvalue weighted by Crippen LogP contribution is -2.20. The topological polar surface area (TPSA) is 66.0 Å². The molecule has 2 amide bonds. The summed E-state index contributed by atoms with van der Waals surface area (Å²) in [4.78, 5) is 16.2. The average Bonchev–Trinajstić information content (AvgIpc) is 2.65. The number of nitrogens with one attached hydrogen (secondary N) is 3. The third kappa shape index (κ3) is 4.81. The van der Waals surface area contributed by atoms with E-state index in [2.05, 4.69) is 40.0 Å². The van der Waals surface area contributed by atoms with E-state index in [1.165, 1.54) is 5.56 Å². The number of hydrogen-bond acceptors (Lipinski definition) is 3. The van der Waals surface area contributed by atoms with Crippen molar-refractivity contribution in [1.29, 1.82) is 0 Å². The van der Waals surface area contributed by atoms with Crippen LogP contribution in [0.15, 0.2) is 79.0 Å². The van der Waals surface area contributed by atoms with Crippen molar-refractivity contribution in [3.63, 3.8) is 0 Å². The van der Waals surface area contributed by atoms with Crippen LogP contribution >= 0.6 is 0 Å². The Kier molecular flexibility index (Phi) is 5.26. The minimum atomic E-state index is -0.322. The molecule has 0 radical (unpaired) electrons. The molecule has 0 saturated heterocycles. The van der Waals surface area contributed by atoms with Crippen molar-refractivity contribution < 1.29 is 4.79 Å². The highest BCUT2D eigenvalue weighted by Gasteiger charge is 2.06. The smallest absolute Gasteiger partial charge is 0.324 e. The Hall–Kier alpha value is -3.34. The largest absolute Gasteiger partial charge is 0.377 e. The molecule has 3 N–H and O–H groups in total. The summed E-state index contributed by atoms with van der Waals surface area (Å²) in [6, 6.07) is 23.0. The number of amides is 2. The quantitative estimate of drug-likeness (QED) is 0.622. The first-order valence-corrected chi connectivity index (χ1v) is 8.11. The Morgan fingerprint density at radius 1 is 0.840 bits per heavy atom. The molecule has 1 atom stereocenters. The fraction of sp³-hybridized carbons (Fsp3) is 0.100. The predicted molar refractivity (Wildman–Crippen MR) is 102 cm³/mol. The molecule has 0 aliphatic rings. The molecular formula is C20H20N4O. The second-order valence-electron chi connectivity index (χ2n) is 5.65. The zero-order valence-electron chi connectivity index (χ0n) is 13.9. The third-order valence-electron chi connectivity index (χ3n) is 3.72. The van der Waals surface area contributed by atoms with Gasteiger partial charge in [0.15, 0.2) is 0 Å². The van der Waals surface area contributed by atoms with Gasteiger partial charge in [0.2, 0.25) is 0 Å². The molecule has 126 valence electrons. The van der Waals surface area contributed by atoms with Crippen molar-refractivity contribution in [2.75, 3.05) is 16.0 Å². The number of para-hydroxylation sites is 1. The molecule has 0 bridgehead atoms. The van der Waals surface area contributed by atoms with Crippen LogP contribution in [0.5, 0.6) is 0 Å². The SMILES string of the molecule is CC(Nc1ccc(NC(=O)Nc2ccccc2)nc1)c1ccccc1. The molecule has 5 nitrogen and oxygen atoms in total. The number of rotatable bonds is 5. The Balaban J connectivity index is 1.56. The summed E-state index contributed by atoms with van der Waals surface area (Å²) < 4.78 is 0. The zero-order chi connectivity index (χ0) is 17.5. The van der Waals surface area contributed by atoms with Gasteiger partial charge in [0.1, 0.15) is 5.82 Å². The number of carbonyl (C=O) groups excluding carboxylic acids is 1. The summed E-state index contributed by atoms with van der Waals surface area (Å²) in [7, 11) is 0. The van der Waals surface area contributed by atoms with E-state index in [4.69, 9.17) is 0 Å². The van der Waals surface area contributed by atoms with Crippen molar-refractivity contribution in [3.8, 4) is 0 Å². The Bertz CT molecular complexity index is 804. The highest BCUT2D eigenvalue weighted by atomic mass is 16.2. The van der Waals surface area contributed by atoms with Crippen LogP contribution in [0.3, 0.4) is 0 Å². The molecule has 1 heterocycles. The van der Waals surface area contributed by atoms with E-state index in [1.807, 2.05) is 54.6 Å². The molecule has 3 aromatic rings. The number of carbonyl (C=O) groups is 1. The highest BCUT2D eigenvalue weighted by molar-refractivity contribution is 5.99. The van der Waals surface area contributed by atoms with Crippen molar-refractivity contribution >= 4 is 23.2 Å². The fourth-order valence-electron chi connectivity index (χ4n) is 2.43. The molecule has 5 heteroatoms. The van der Waals surface area contributed by atoms with Crippen LogP contribution in [0.2, 0.25) is 0 Å². The van der Waals surface area contributed by atoms with Crippen molar-refractivity contribution in [1.82, 2.24) is 4.98 Å². The van der Waals surface area contributed by atoms with Gasteiger partial charge in [-0.25, -0.2) is 9.78 Å². The number of urea groups is 1. The molecule has 25 heavy (non-hydrogen) atoms. The van der Waals surface area contributed by atoms with E-state index in [-0.39, 0.29) is 12.1 Å². The first-order valence-electron chi connectivity index (χ1n) is 8.11. The predicted octanol–water partition coefficient (Wildman–Crippen LogP) is 4.90. The summed E-state index contributed by atoms with van der Waals surface area (Å²) >= 11 is 0. The number of hydrogen-bond donors (Lipinski definition) is 3. The van der Waals surface area contributed by atoms with E-state index in [0.717, 1.165) is 11.4 Å². The molecule has 3 rings (SSSR count). The van der Waals surface area contributed by atoms with Crippen LogP contribution < -0.4 is 16.0 Å². The lowest BCUT2D eigenvalue weighted by molar-refractivity contribution is 0.262. The number of nitrogens with zero attached hydrogens (tertiary/aromatic N) is 1. The lowest BCUT2D eigenvalue weighted by Gasteiger charge is -2.15. The second-order valence-corrected chi connectivity index (χ2v) is 5.65. The van der Waals surface area contributed by atoms with Gasteiger partial charge in [-0.05, 0) is 36.8 Å². The van der Waals surface area contributed by atoms with Crippen LogP contribution in [0.1, 0.15) is 18.5 Å². The number of anilines is 3. The maximum Gasteiger partial charge on any atom is 0.324 e. The van der Waals surface area contributed by atoms with Crippen LogP contribution in [0.4, 0.5) is 22.0 Å². The normalized spacial score (nSPS) is 11.4. The van der Waals surface area contributed by atoms with Crippen LogP contribution in [-0.2, 0) is 0 Å². The van der Waals surface area contributed by atoms with Gasteiger partial charge >= 0.3 is 6.03 Å². The molecule has 0 fully saturated rings. The van der Waals surface area contributed by atoms with E-state index in [9.17, 15) is 4.79 Å². The van der Waals surface area contributed by atoms with Crippen molar-refractivity contribution in [2.24, 2.45) is 0 Å². The molecule has 1 aromatic heterocycles.